The van der Waals surface area contributed by atoms with Gasteiger partial charge in [-0.1, -0.05) is 0 Å². The SMILES string of the molecule is CN1CC(N)CC1c1ccc(Cl)o1. The van der Waals surface area contributed by atoms with Crippen LogP contribution in [0.25, 0.3) is 0 Å². The van der Waals surface area contributed by atoms with E-state index >= 15 is 0 Å². The molecular formula is C9H13ClN2O. The molecule has 13 heavy (non-hydrogen) atoms. The van der Waals surface area contributed by atoms with E-state index < -0.39 is 0 Å². The quantitative estimate of drug-likeness (QED) is 0.750. The zero-order chi connectivity index (χ0) is 9.42. The van der Waals surface area contributed by atoms with Crippen LogP contribution in [-0.4, -0.2) is 24.5 Å². The summed E-state index contributed by atoms with van der Waals surface area (Å²) in [5, 5.41) is 0.448. The first-order valence-corrected chi connectivity index (χ1v) is 4.75. The molecule has 2 heterocycles. The fourth-order valence-electron chi connectivity index (χ4n) is 1.88. The van der Waals surface area contributed by atoms with E-state index in [-0.39, 0.29) is 6.04 Å². The Morgan fingerprint density at radius 2 is 2.38 bits per heavy atom. The van der Waals surface area contributed by atoms with Crippen molar-refractivity contribution in [3.8, 4) is 0 Å². The fourth-order valence-corrected chi connectivity index (χ4v) is 2.03. The normalized spacial score (nSPS) is 29.8. The Hall–Kier alpha value is -0.510. The number of likely N-dealkylation sites (N-methyl/N-ethyl adjacent to an activating group) is 1. The molecule has 3 nitrogen and oxygen atoms in total. The molecule has 2 rings (SSSR count). The van der Waals surface area contributed by atoms with E-state index in [1.54, 1.807) is 6.07 Å². The lowest BCUT2D eigenvalue weighted by Crippen LogP contribution is -2.24. The minimum Gasteiger partial charge on any atom is -0.448 e. The first kappa shape index (κ1) is 9.06. The van der Waals surface area contributed by atoms with Gasteiger partial charge in [-0.3, -0.25) is 4.90 Å². The second kappa shape index (κ2) is 3.33. The van der Waals surface area contributed by atoms with Crippen molar-refractivity contribution in [2.24, 2.45) is 5.73 Å². The molecule has 2 N–H and O–H groups in total. The Bertz CT molecular complexity index is 300. The number of hydrogen-bond donors (Lipinski definition) is 1. The van der Waals surface area contributed by atoms with Crippen LogP contribution in [0.15, 0.2) is 16.5 Å². The predicted molar refractivity (Wildman–Crippen MR) is 51.7 cm³/mol. The van der Waals surface area contributed by atoms with Crippen LogP contribution in [0.1, 0.15) is 18.2 Å². The van der Waals surface area contributed by atoms with Crippen molar-refractivity contribution >= 4 is 11.6 Å². The van der Waals surface area contributed by atoms with Crippen molar-refractivity contribution in [2.75, 3.05) is 13.6 Å². The smallest absolute Gasteiger partial charge is 0.193 e. The number of nitrogens with two attached hydrogens (primary N) is 1. The van der Waals surface area contributed by atoms with Gasteiger partial charge < -0.3 is 10.2 Å². The van der Waals surface area contributed by atoms with Gasteiger partial charge in [0.1, 0.15) is 5.76 Å². The van der Waals surface area contributed by atoms with Gasteiger partial charge in [-0.05, 0) is 37.2 Å². The molecule has 0 amide bonds. The third-order valence-electron chi connectivity index (χ3n) is 2.50. The average Bonchev–Trinajstić information content (AvgIpc) is 2.58. The summed E-state index contributed by atoms with van der Waals surface area (Å²) in [6.45, 7) is 0.920. The maximum Gasteiger partial charge on any atom is 0.193 e. The molecule has 0 aromatic carbocycles. The van der Waals surface area contributed by atoms with E-state index in [0.717, 1.165) is 18.7 Å². The van der Waals surface area contributed by atoms with Crippen molar-refractivity contribution in [1.29, 1.82) is 0 Å². The van der Waals surface area contributed by atoms with Gasteiger partial charge in [-0.25, -0.2) is 0 Å². The van der Waals surface area contributed by atoms with Crippen LogP contribution in [-0.2, 0) is 0 Å². The predicted octanol–water partition coefficient (Wildman–Crippen LogP) is 1.64. The highest BCUT2D eigenvalue weighted by Gasteiger charge is 2.30. The number of nitrogens with zero attached hydrogens (tertiary/aromatic N) is 1. The van der Waals surface area contributed by atoms with Gasteiger partial charge in [-0.15, -0.1) is 0 Å². The van der Waals surface area contributed by atoms with E-state index in [0.29, 0.717) is 11.3 Å². The van der Waals surface area contributed by atoms with Gasteiger partial charge in [0.15, 0.2) is 5.22 Å². The Balaban J connectivity index is 2.17. The molecule has 0 saturated carbocycles. The highest BCUT2D eigenvalue weighted by Crippen LogP contribution is 2.31. The molecule has 2 atom stereocenters. The lowest BCUT2D eigenvalue weighted by Gasteiger charge is -2.15. The van der Waals surface area contributed by atoms with Crippen LogP contribution in [0.3, 0.4) is 0 Å². The minimum atomic E-state index is 0.249. The maximum atomic E-state index is 5.84. The molecule has 0 bridgehead atoms. The first-order chi connectivity index (χ1) is 6.16. The first-order valence-electron chi connectivity index (χ1n) is 4.38. The summed E-state index contributed by atoms with van der Waals surface area (Å²) in [5.74, 6) is 0.917. The topological polar surface area (TPSA) is 42.4 Å². The molecule has 1 aromatic rings. The van der Waals surface area contributed by atoms with Crippen LogP contribution < -0.4 is 5.73 Å². The number of halogens is 1. The zero-order valence-electron chi connectivity index (χ0n) is 7.53. The van der Waals surface area contributed by atoms with Gasteiger partial charge >= 0.3 is 0 Å². The van der Waals surface area contributed by atoms with Crippen molar-refractivity contribution in [1.82, 2.24) is 4.90 Å². The van der Waals surface area contributed by atoms with Crippen LogP contribution in [0, 0.1) is 0 Å². The highest BCUT2D eigenvalue weighted by atomic mass is 35.5. The van der Waals surface area contributed by atoms with Gasteiger partial charge in [0.25, 0.3) is 0 Å². The largest absolute Gasteiger partial charge is 0.448 e. The summed E-state index contributed by atoms with van der Waals surface area (Å²) >= 11 is 5.71. The molecule has 4 heteroatoms. The molecule has 0 radical (unpaired) electrons. The lowest BCUT2D eigenvalue weighted by molar-refractivity contribution is 0.276. The lowest BCUT2D eigenvalue weighted by atomic mass is 10.1. The maximum absolute atomic E-state index is 5.84. The highest BCUT2D eigenvalue weighted by molar-refractivity contribution is 6.28. The van der Waals surface area contributed by atoms with Gasteiger partial charge in [0, 0.05) is 12.6 Å². The Morgan fingerprint density at radius 3 is 2.85 bits per heavy atom. The number of furan rings is 1. The average molecular weight is 201 g/mol. The second-order valence-corrected chi connectivity index (χ2v) is 3.97. The van der Waals surface area contributed by atoms with Gasteiger partial charge in [0.2, 0.25) is 0 Å². The molecule has 0 spiro atoms. The van der Waals surface area contributed by atoms with Crippen LogP contribution in [0.4, 0.5) is 0 Å². The minimum absolute atomic E-state index is 0.249. The van der Waals surface area contributed by atoms with Crippen LogP contribution in [0.5, 0.6) is 0 Å². The van der Waals surface area contributed by atoms with E-state index in [4.69, 9.17) is 21.8 Å². The molecule has 1 aliphatic rings. The molecule has 1 saturated heterocycles. The zero-order valence-corrected chi connectivity index (χ0v) is 8.29. The molecule has 1 fully saturated rings. The molecule has 1 aliphatic heterocycles. The Morgan fingerprint density at radius 1 is 1.62 bits per heavy atom. The van der Waals surface area contributed by atoms with E-state index in [1.807, 2.05) is 13.1 Å². The molecule has 2 unspecified atom stereocenters. The number of hydrogen-bond acceptors (Lipinski definition) is 3. The Kier molecular flexibility index (Phi) is 2.32. The van der Waals surface area contributed by atoms with Crippen LogP contribution >= 0.6 is 11.6 Å². The number of likely N-dealkylation sites (tertiary alicyclic amines) is 1. The van der Waals surface area contributed by atoms with Crippen molar-refractivity contribution in [3.63, 3.8) is 0 Å². The standard InChI is InChI=1S/C9H13ClN2O/c1-12-5-6(11)4-7(12)8-2-3-9(10)13-8/h2-3,6-7H,4-5,11H2,1H3. The van der Waals surface area contributed by atoms with E-state index in [9.17, 15) is 0 Å². The van der Waals surface area contributed by atoms with Gasteiger partial charge in [0.05, 0.1) is 6.04 Å². The van der Waals surface area contributed by atoms with Crippen molar-refractivity contribution < 1.29 is 4.42 Å². The molecule has 72 valence electrons. The summed E-state index contributed by atoms with van der Waals surface area (Å²) in [6.07, 6.45) is 0.945. The van der Waals surface area contributed by atoms with Crippen LogP contribution in [0.2, 0.25) is 5.22 Å². The van der Waals surface area contributed by atoms with Gasteiger partial charge in [-0.2, -0.15) is 0 Å². The van der Waals surface area contributed by atoms with E-state index in [2.05, 4.69) is 4.90 Å². The molecule has 1 aromatic heterocycles. The Labute approximate surface area is 82.4 Å². The summed E-state index contributed by atoms with van der Waals surface area (Å²) in [7, 11) is 2.05. The summed E-state index contributed by atoms with van der Waals surface area (Å²) < 4.78 is 5.35. The second-order valence-electron chi connectivity index (χ2n) is 3.59. The van der Waals surface area contributed by atoms with Crippen molar-refractivity contribution in [3.05, 3.63) is 23.1 Å². The third kappa shape index (κ3) is 1.73. The summed E-state index contributed by atoms with van der Waals surface area (Å²) in [5.41, 5.74) is 5.84. The van der Waals surface area contributed by atoms with Crippen molar-refractivity contribution in [2.45, 2.75) is 18.5 Å². The summed E-state index contributed by atoms with van der Waals surface area (Å²) in [4.78, 5) is 2.19. The van der Waals surface area contributed by atoms with E-state index in [1.165, 1.54) is 0 Å². The third-order valence-corrected chi connectivity index (χ3v) is 2.71. The number of rotatable bonds is 1. The fraction of sp³-hybridized carbons (Fsp3) is 0.556. The monoisotopic (exact) mass is 200 g/mol. The molecular weight excluding hydrogens is 188 g/mol. The molecule has 0 aliphatic carbocycles. The summed E-state index contributed by atoms with van der Waals surface area (Å²) in [6, 6.07) is 4.23.